The highest BCUT2D eigenvalue weighted by Crippen LogP contribution is 2.28. The van der Waals surface area contributed by atoms with Crippen LogP contribution in [0.25, 0.3) is 0 Å². The summed E-state index contributed by atoms with van der Waals surface area (Å²) >= 11 is 0. The normalized spacial score (nSPS) is 27.6. The Morgan fingerprint density at radius 3 is 2.52 bits per heavy atom. The average Bonchev–Trinajstić information content (AvgIpc) is 2.55. The Hall–Kier alpha value is -1.35. The van der Waals surface area contributed by atoms with E-state index in [1.807, 2.05) is 0 Å². The lowest BCUT2D eigenvalue weighted by atomic mass is 9.88. The largest absolute Gasteiger partial charge is 0.341 e. The molecule has 2 aliphatic rings. The van der Waals surface area contributed by atoms with E-state index in [2.05, 4.69) is 47.5 Å². The van der Waals surface area contributed by atoms with Crippen molar-refractivity contribution in [2.45, 2.75) is 44.6 Å². The van der Waals surface area contributed by atoms with Crippen LogP contribution in [0.4, 0.5) is 0 Å². The molecule has 0 saturated carbocycles. The Labute approximate surface area is 127 Å². The highest BCUT2D eigenvalue weighted by atomic mass is 16.2. The van der Waals surface area contributed by atoms with Crippen LogP contribution in [0, 0.1) is 5.92 Å². The van der Waals surface area contributed by atoms with Crippen molar-refractivity contribution in [2.75, 3.05) is 19.6 Å². The molecule has 2 heterocycles. The van der Waals surface area contributed by atoms with E-state index in [0.29, 0.717) is 17.7 Å². The molecular formula is C18H26N2O. The van der Waals surface area contributed by atoms with Gasteiger partial charge in [0.15, 0.2) is 0 Å². The van der Waals surface area contributed by atoms with Crippen LogP contribution in [0.2, 0.25) is 0 Å². The lowest BCUT2D eigenvalue weighted by molar-refractivity contribution is -0.135. The lowest BCUT2D eigenvalue weighted by Crippen LogP contribution is -2.51. The van der Waals surface area contributed by atoms with Crippen molar-refractivity contribution < 1.29 is 4.79 Å². The van der Waals surface area contributed by atoms with Crippen LogP contribution >= 0.6 is 0 Å². The van der Waals surface area contributed by atoms with Gasteiger partial charge in [0, 0.05) is 13.1 Å². The number of nitrogens with one attached hydrogen (secondary N) is 1. The first-order valence-electron chi connectivity index (χ1n) is 8.31. The van der Waals surface area contributed by atoms with Gasteiger partial charge in [0.1, 0.15) is 0 Å². The number of hydrogen-bond acceptors (Lipinski definition) is 2. The maximum Gasteiger partial charge on any atom is 0.239 e. The van der Waals surface area contributed by atoms with Gasteiger partial charge in [-0.1, -0.05) is 37.3 Å². The Balaban J connectivity index is 1.54. The van der Waals surface area contributed by atoms with Gasteiger partial charge in [-0.05, 0) is 49.6 Å². The molecule has 114 valence electrons. The summed E-state index contributed by atoms with van der Waals surface area (Å²) in [6.07, 6.45) is 4.38. The van der Waals surface area contributed by atoms with Gasteiger partial charge in [0.05, 0.1) is 6.04 Å². The predicted octanol–water partition coefficient (Wildman–Crippen LogP) is 2.78. The van der Waals surface area contributed by atoms with Crippen LogP contribution in [0.15, 0.2) is 30.3 Å². The smallest absolute Gasteiger partial charge is 0.239 e. The molecule has 0 bridgehead atoms. The molecule has 2 unspecified atom stereocenters. The molecule has 0 spiro atoms. The molecule has 0 aliphatic carbocycles. The van der Waals surface area contributed by atoms with Crippen molar-refractivity contribution in [1.82, 2.24) is 10.2 Å². The van der Waals surface area contributed by atoms with Crippen molar-refractivity contribution in [1.29, 1.82) is 0 Å². The van der Waals surface area contributed by atoms with Gasteiger partial charge in [0.25, 0.3) is 0 Å². The molecule has 1 amide bonds. The van der Waals surface area contributed by atoms with Crippen molar-refractivity contribution in [2.24, 2.45) is 5.92 Å². The lowest BCUT2D eigenvalue weighted by Gasteiger charge is -2.36. The number of amides is 1. The summed E-state index contributed by atoms with van der Waals surface area (Å²) in [4.78, 5) is 14.7. The third-order valence-corrected chi connectivity index (χ3v) is 5.04. The molecule has 2 aliphatic heterocycles. The molecule has 3 nitrogen and oxygen atoms in total. The van der Waals surface area contributed by atoms with Crippen molar-refractivity contribution in [3.05, 3.63) is 35.9 Å². The van der Waals surface area contributed by atoms with Crippen molar-refractivity contribution in [3.63, 3.8) is 0 Å². The second kappa shape index (κ2) is 6.61. The highest BCUT2D eigenvalue weighted by Gasteiger charge is 2.30. The van der Waals surface area contributed by atoms with Gasteiger partial charge in [-0.15, -0.1) is 0 Å². The van der Waals surface area contributed by atoms with E-state index in [1.54, 1.807) is 0 Å². The third kappa shape index (κ3) is 3.46. The summed E-state index contributed by atoms with van der Waals surface area (Å²) in [6.45, 7) is 5.05. The number of rotatable bonds is 2. The zero-order valence-corrected chi connectivity index (χ0v) is 12.9. The minimum absolute atomic E-state index is 0.0574. The molecule has 3 rings (SSSR count). The second-order valence-electron chi connectivity index (χ2n) is 6.65. The van der Waals surface area contributed by atoms with E-state index < -0.39 is 0 Å². The van der Waals surface area contributed by atoms with Crippen LogP contribution in [-0.4, -0.2) is 36.5 Å². The topological polar surface area (TPSA) is 32.3 Å². The minimum Gasteiger partial charge on any atom is -0.341 e. The predicted molar refractivity (Wildman–Crippen MR) is 85.2 cm³/mol. The number of carbonyl (C=O) groups is 1. The summed E-state index contributed by atoms with van der Waals surface area (Å²) in [5, 5.41) is 3.40. The first-order valence-corrected chi connectivity index (χ1v) is 8.31. The summed E-state index contributed by atoms with van der Waals surface area (Å²) in [5.74, 6) is 1.61. The van der Waals surface area contributed by atoms with Gasteiger partial charge in [0.2, 0.25) is 5.91 Å². The SMILES string of the molecule is CC1CCNC(C(=O)N2CCC(c3ccccc3)CC2)C1. The zero-order chi connectivity index (χ0) is 14.7. The highest BCUT2D eigenvalue weighted by molar-refractivity contribution is 5.82. The van der Waals surface area contributed by atoms with E-state index in [1.165, 1.54) is 12.0 Å². The zero-order valence-electron chi connectivity index (χ0n) is 12.9. The van der Waals surface area contributed by atoms with Gasteiger partial charge in [-0.3, -0.25) is 4.79 Å². The van der Waals surface area contributed by atoms with Gasteiger partial charge < -0.3 is 10.2 Å². The van der Waals surface area contributed by atoms with E-state index in [0.717, 1.165) is 38.9 Å². The molecule has 2 fully saturated rings. The molecule has 21 heavy (non-hydrogen) atoms. The van der Waals surface area contributed by atoms with Crippen molar-refractivity contribution >= 4 is 5.91 Å². The summed E-state index contributed by atoms with van der Waals surface area (Å²) < 4.78 is 0. The quantitative estimate of drug-likeness (QED) is 0.906. The molecule has 2 saturated heterocycles. The number of likely N-dealkylation sites (tertiary alicyclic amines) is 1. The second-order valence-corrected chi connectivity index (χ2v) is 6.65. The molecule has 2 atom stereocenters. The van der Waals surface area contributed by atoms with Crippen LogP contribution < -0.4 is 5.32 Å². The summed E-state index contributed by atoms with van der Waals surface area (Å²) in [6, 6.07) is 10.8. The minimum atomic E-state index is 0.0574. The van der Waals surface area contributed by atoms with Gasteiger partial charge >= 0.3 is 0 Å². The number of benzene rings is 1. The summed E-state index contributed by atoms with van der Waals surface area (Å²) in [7, 11) is 0. The maximum atomic E-state index is 12.6. The Bertz CT molecular complexity index is 465. The molecule has 3 heteroatoms. The molecule has 0 aromatic heterocycles. The van der Waals surface area contributed by atoms with E-state index in [4.69, 9.17) is 0 Å². The van der Waals surface area contributed by atoms with Crippen LogP contribution in [0.5, 0.6) is 0 Å². The van der Waals surface area contributed by atoms with Gasteiger partial charge in [-0.2, -0.15) is 0 Å². The van der Waals surface area contributed by atoms with E-state index in [-0.39, 0.29) is 6.04 Å². The van der Waals surface area contributed by atoms with Crippen LogP contribution in [-0.2, 0) is 4.79 Å². The fourth-order valence-corrected chi connectivity index (χ4v) is 3.67. The first kappa shape index (κ1) is 14.6. The molecule has 1 N–H and O–H groups in total. The number of nitrogens with zero attached hydrogens (tertiary/aromatic N) is 1. The van der Waals surface area contributed by atoms with Gasteiger partial charge in [-0.25, -0.2) is 0 Å². The number of piperidine rings is 2. The Kier molecular flexibility index (Phi) is 4.59. The van der Waals surface area contributed by atoms with E-state index in [9.17, 15) is 4.79 Å². The van der Waals surface area contributed by atoms with Crippen LogP contribution in [0.3, 0.4) is 0 Å². The standard InChI is InChI=1S/C18H26N2O/c1-14-7-10-19-17(13-14)18(21)20-11-8-16(9-12-20)15-5-3-2-4-6-15/h2-6,14,16-17,19H,7-13H2,1H3. The molecular weight excluding hydrogens is 260 g/mol. The number of hydrogen-bond donors (Lipinski definition) is 1. The number of carbonyl (C=O) groups excluding carboxylic acids is 1. The maximum absolute atomic E-state index is 12.6. The monoisotopic (exact) mass is 286 g/mol. The van der Waals surface area contributed by atoms with E-state index >= 15 is 0 Å². The Morgan fingerprint density at radius 2 is 1.86 bits per heavy atom. The first-order chi connectivity index (χ1) is 10.2. The fourth-order valence-electron chi connectivity index (χ4n) is 3.67. The van der Waals surface area contributed by atoms with Crippen molar-refractivity contribution in [3.8, 4) is 0 Å². The Morgan fingerprint density at radius 1 is 1.14 bits per heavy atom. The fraction of sp³-hybridized carbons (Fsp3) is 0.611. The molecule has 1 aromatic carbocycles. The molecule has 1 aromatic rings. The van der Waals surface area contributed by atoms with Crippen LogP contribution in [0.1, 0.15) is 44.1 Å². The molecule has 0 radical (unpaired) electrons. The average molecular weight is 286 g/mol. The summed E-state index contributed by atoms with van der Waals surface area (Å²) in [5.41, 5.74) is 1.43. The third-order valence-electron chi connectivity index (χ3n) is 5.04.